The van der Waals surface area contributed by atoms with E-state index in [1.54, 1.807) is 0 Å². The van der Waals surface area contributed by atoms with E-state index in [4.69, 9.17) is 5.73 Å². The molecule has 0 aromatic rings. The first-order valence-electron chi connectivity index (χ1n) is 8.22. The van der Waals surface area contributed by atoms with Crippen LogP contribution in [0.5, 0.6) is 0 Å². The van der Waals surface area contributed by atoms with Gasteiger partial charge >= 0.3 is 0 Å². The fourth-order valence-corrected chi connectivity index (χ4v) is 3.08. The highest BCUT2D eigenvalue weighted by Crippen LogP contribution is 2.20. The number of nitrogens with zero attached hydrogens (tertiary/aromatic N) is 1. The molecule has 0 radical (unpaired) electrons. The lowest BCUT2D eigenvalue weighted by molar-refractivity contribution is 0.192. The molecule has 2 unspecified atom stereocenters. The number of hydrogen-bond acceptors (Lipinski definition) is 2. The molecule has 1 saturated heterocycles. The molecular weight excluding hydrogens is 220 g/mol. The molecule has 1 heterocycles. The van der Waals surface area contributed by atoms with Crippen molar-refractivity contribution in [2.45, 2.75) is 77.7 Å². The van der Waals surface area contributed by atoms with Crippen LogP contribution in [-0.2, 0) is 0 Å². The Labute approximate surface area is 114 Å². The highest BCUT2D eigenvalue weighted by atomic mass is 15.2. The lowest BCUT2D eigenvalue weighted by Gasteiger charge is -2.29. The Hall–Kier alpha value is -0.0800. The van der Waals surface area contributed by atoms with Crippen LogP contribution in [0.25, 0.3) is 0 Å². The average Bonchev–Trinajstić information content (AvgIpc) is 2.59. The van der Waals surface area contributed by atoms with Crippen LogP contribution in [0.3, 0.4) is 0 Å². The third kappa shape index (κ3) is 6.19. The standard InChI is InChI=1S/C16H34N2/c1-3-4-5-6-7-10-16(14-17)18-12-8-9-15(2)11-13-18/h15-16H,3-14,17H2,1-2H3. The molecule has 0 aromatic heterocycles. The number of rotatable bonds is 8. The van der Waals surface area contributed by atoms with Crippen molar-refractivity contribution in [3.05, 3.63) is 0 Å². The van der Waals surface area contributed by atoms with E-state index in [0.717, 1.165) is 12.5 Å². The zero-order valence-electron chi connectivity index (χ0n) is 12.7. The number of unbranched alkanes of at least 4 members (excludes halogenated alkanes) is 4. The Morgan fingerprint density at radius 3 is 2.61 bits per heavy atom. The van der Waals surface area contributed by atoms with Crippen molar-refractivity contribution in [1.82, 2.24) is 4.90 Å². The van der Waals surface area contributed by atoms with Gasteiger partial charge in [0.15, 0.2) is 0 Å². The molecule has 1 rings (SSSR count). The molecule has 2 heteroatoms. The predicted molar refractivity (Wildman–Crippen MR) is 80.8 cm³/mol. The van der Waals surface area contributed by atoms with E-state index in [9.17, 15) is 0 Å². The summed E-state index contributed by atoms with van der Waals surface area (Å²) in [5.41, 5.74) is 5.99. The van der Waals surface area contributed by atoms with Gasteiger partial charge in [0.2, 0.25) is 0 Å². The molecule has 0 spiro atoms. The molecular formula is C16H34N2. The summed E-state index contributed by atoms with van der Waals surface area (Å²) >= 11 is 0. The second-order valence-corrected chi connectivity index (χ2v) is 6.16. The van der Waals surface area contributed by atoms with Crippen molar-refractivity contribution in [3.8, 4) is 0 Å². The van der Waals surface area contributed by atoms with E-state index in [0.29, 0.717) is 6.04 Å². The van der Waals surface area contributed by atoms with Crippen LogP contribution in [0.1, 0.15) is 71.6 Å². The van der Waals surface area contributed by atoms with E-state index in [1.165, 1.54) is 70.9 Å². The second kappa shape index (κ2) is 9.80. The third-order valence-corrected chi connectivity index (χ3v) is 4.48. The van der Waals surface area contributed by atoms with Gasteiger partial charge in [-0.25, -0.2) is 0 Å². The minimum absolute atomic E-state index is 0.650. The minimum atomic E-state index is 0.650. The van der Waals surface area contributed by atoms with E-state index < -0.39 is 0 Å². The van der Waals surface area contributed by atoms with Crippen molar-refractivity contribution in [1.29, 1.82) is 0 Å². The highest BCUT2D eigenvalue weighted by Gasteiger charge is 2.20. The van der Waals surface area contributed by atoms with Gasteiger partial charge in [0.1, 0.15) is 0 Å². The molecule has 1 fully saturated rings. The van der Waals surface area contributed by atoms with Crippen LogP contribution < -0.4 is 5.73 Å². The van der Waals surface area contributed by atoms with Gasteiger partial charge in [0.05, 0.1) is 0 Å². The van der Waals surface area contributed by atoms with E-state index in [2.05, 4.69) is 18.7 Å². The van der Waals surface area contributed by atoms with Gasteiger partial charge in [0.25, 0.3) is 0 Å². The van der Waals surface area contributed by atoms with Gasteiger partial charge < -0.3 is 5.73 Å². The van der Waals surface area contributed by atoms with E-state index in [-0.39, 0.29) is 0 Å². The fourth-order valence-electron chi connectivity index (χ4n) is 3.08. The highest BCUT2D eigenvalue weighted by molar-refractivity contribution is 4.76. The molecule has 0 aliphatic carbocycles. The molecule has 0 saturated carbocycles. The smallest absolute Gasteiger partial charge is 0.0218 e. The van der Waals surface area contributed by atoms with Crippen LogP contribution in [0, 0.1) is 5.92 Å². The lowest BCUT2D eigenvalue weighted by Crippen LogP contribution is -2.41. The van der Waals surface area contributed by atoms with Gasteiger partial charge in [-0.15, -0.1) is 0 Å². The van der Waals surface area contributed by atoms with Crippen molar-refractivity contribution in [2.24, 2.45) is 11.7 Å². The molecule has 2 nitrogen and oxygen atoms in total. The topological polar surface area (TPSA) is 29.3 Å². The van der Waals surface area contributed by atoms with Crippen LogP contribution in [-0.4, -0.2) is 30.6 Å². The molecule has 1 aliphatic rings. The number of nitrogens with two attached hydrogens (primary N) is 1. The van der Waals surface area contributed by atoms with Gasteiger partial charge in [-0.3, -0.25) is 4.90 Å². The molecule has 0 bridgehead atoms. The van der Waals surface area contributed by atoms with Crippen molar-refractivity contribution >= 4 is 0 Å². The maximum atomic E-state index is 5.99. The van der Waals surface area contributed by atoms with E-state index in [1.807, 2.05) is 0 Å². The summed E-state index contributed by atoms with van der Waals surface area (Å²) in [5.74, 6) is 0.915. The summed E-state index contributed by atoms with van der Waals surface area (Å²) < 4.78 is 0. The maximum Gasteiger partial charge on any atom is 0.0218 e. The summed E-state index contributed by atoms with van der Waals surface area (Å²) in [6.07, 6.45) is 12.4. The Morgan fingerprint density at radius 2 is 1.89 bits per heavy atom. The van der Waals surface area contributed by atoms with Crippen LogP contribution in [0.4, 0.5) is 0 Å². The lowest BCUT2D eigenvalue weighted by atomic mass is 10.0. The van der Waals surface area contributed by atoms with Crippen LogP contribution >= 0.6 is 0 Å². The third-order valence-electron chi connectivity index (χ3n) is 4.48. The second-order valence-electron chi connectivity index (χ2n) is 6.16. The first-order valence-corrected chi connectivity index (χ1v) is 8.22. The van der Waals surface area contributed by atoms with Crippen molar-refractivity contribution in [3.63, 3.8) is 0 Å². The quantitative estimate of drug-likeness (QED) is 0.668. The van der Waals surface area contributed by atoms with Crippen LogP contribution in [0.2, 0.25) is 0 Å². The zero-order chi connectivity index (χ0) is 13.2. The van der Waals surface area contributed by atoms with Gasteiger partial charge in [-0.1, -0.05) is 46.0 Å². The van der Waals surface area contributed by atoms with Crippen LogP contribution in [0.15, 0.2) is 0 Å². The Kier molecular flexibility index (Phi) is 8.70. The molecule has 108 valence electrons. The normalized spacial score (nSPS) is 23.8. The summed E-state index contributed by atoms with van der Waals surface area (Å²) in [7, 11) is 0. The number of likely N-dealkylation sites (tertiary alicyclic amines) is 1. The monoisotopic (exact) mass is 254 g/mol. The molecule has 2 atom stereocenters. The zero-order valence-corrected chi connectivity index (χ0v) is 12.7. The van der Waals surface area contributed by atoms with E-state index >= 15 is 0 Å². The Morgan fingerprint density at radius 1 is 1.11 bits per heavy atom. The first-order chi connectivity index (χ1) is 8.77. The number of hydrogen-bond donors (Lipinski definition) is 1. The average molecular weight is 254 g/mol. The molecule has 0 aromatic carbocycles. The largest absolute Gasteiger partial charge is 0.329 e. The SMILES string of the molecule is CCCCCCCC(CN)N1CCCC(C)CC1. The summed E-state index contributed by atoms with van der Waals surface area (Å²) in [6, 6.07) is 0.650. The first kappa shape index (κ1) is 16.0. The van der Waals surface area contributed by atoms with Gasteiger partial charge in [0, 0.05) is 12.6 Å². The molecule has 2 N–H and O–H groups in total. The maximum absolute atomic E-state index is 5.99. The minimum Gasteiger partial charge on any atom is -0.329 e. The van der Waals surface area contributed by atoms with Crippen molar-refractivity contribution in [2.75, 3.05) is 19.6 Å². The van der Waals surface area contributed by atoms with Gasteiger partial charge in [-0.2, -0.15) is 0 Å². The summed E-state index contributed by atoms with van der Waals surface area (Å²) in [4.78, 5) is 2.67. The Bertz CT molecular complexity index is 194. The summed E-state index contributed by atoms with van der Waals surface area (Å²) in [6.45, 7) is 8.08. The van der Waals surface area contributed by atoms with Crippen molar-refractivity contribution < 1.29 is 0 Å². The Balaban J connectivity index is 2.22. The molecule has 18 heavy (non-hydrogen) atoms. The predicted octanol–water partition coefficient (Wildman–Crippen LogP) is 3.80. The molecule has 1 aliphatic heterocycles. The fraction of sp³-hybridized carbons (Fsp3) is 1.00. The van der Waals surface area contributed by atoms with Gasteiger partial charge in [-0.05, 0) is 44.7 Å². The molecule has 0 amide bonds. The summed E-state index contributed by atoms with van der Waals surface area (Å²) in [5, 5.41) is 0.